The number of nitrogens with one attached hydrogen (secondary N) is 1. The second-order valence-electron chi connectivity index (χ2n) is 10.2. The molecule has 2 amide bonds. The molecule has 0 bridgehead atoms. The van der Waals surface area contributed by atoms with E-state index in [1.54, 1.807) is 38.5 Å². The highest BCUT2D eigenvalue weighted by atomic mass is 19.4. The molecular weight excluding hydrogens is 556 g/mol. The Morgan fingerprint density at radius 1 is 1.17 bits per heavy atom. The zero-order chi connectivity index (χ0) is 30.2. The van der Waals surface area contributed by atoms with Crippen molar-refractivity contribution in [1.29, 1.82) is 0 Å². The van der Waals surface area contributed by atoms with Gasteiger partial charge in [-0.3, -0.25) is 9.78 Å². The predicted molar refractivity (Wildman–Crippen MR) is 143 cm³/mol. The number of imidazole rings is 1. The average Bonchev–Trinajstić information content (AvgIpc) is 3.73. The zero-order valence-electron chi connectivity index (χ0n) is 22.6. The second kappa shape index (κ2) is 11.2. The maximum atomic E-state index is 13.9. The molecule has 13 heteroatoms. The third kappa shape index (κ3) is 6.24. The third-order valence-corrected chi connectivity index (χ3v) is 6.98. The topological polar surface area (TPSA) is 114 Å². The number of halogens is 4. The minimum atomic E-state index is -4.78. The molecule has 0 saturated heterocycles. The van der Waals surface area contributed by atoms with Crippen molar-refractivity contribution < 1.29 is 32.3 Å². The van der Waals surface area contributed by atoms with Crippen LogP contribution >= 0.6 is 0 Å². The van der Waals surface area contributed by atoms with Crippen LogP contribution in [0.2, 0.25) is 0 Å². The Balaban J connectivity index is 1.58. The number of hydrogen-bond donors (Lipinski definition) is 2. The molecule has 9 nitrogen and oxygen atoms in total. The van der Waals surface area contributed by atoms with Crippen LogP contribution < -0.4 is 10.9 Å². The molecule has 3 aromatic heterocycles. The molecule has 42 heavy (non-hydrogen) atoms. The van der Waals surface area contributed by atoms with Crippen LogP contribution in [0.25, 0.3) is 11.3 Å². The van der Waals surface area contributed by atoms with Gasteiger partial charge in [-0.2, -0.15) is 13.2 Å². The van der Waals surface area contributed by atoms with Crippen molar-refractivity contribution in [2.75, 3.05) is 0 Å². The fourth-order valence-electron chi connectivity index (χ4n) is 4.82. The van der Waals surface area contributed by atoms with Crippen molar-refractivity contribution in [3.8, 4) is 11.3 Å². The number of benzene rings is 1. The van der Waals surface area contributed by atoms with Crippen LogP contribution in [0.1, 0.15) is 51.8 Å². The average molecular weight is 583 g/mol. The number of rotatable bonds is 7. The molecule has 4 aromatic rings. The van der Waals surface area contributed by atoms with E-state index in [1.165, 1.54) is 39.5 Å². The number of aromatic nitrogens is 4. The summed E-state index contributed by atoms with van der Waals surface area (Å²) >= 11 is 0. The molecule has 0 aliphatic heterocycles. The van der Waals surface area contributed by atoms with E-state index in [1.807, 2.05) is 0 Å². The molecule has 2 N–H and O–H groups in total. The first kappa shape index (κ1) is 28.7. The number of carboxylic acid groups (broad SMARTS) is 1. The van der Waals surface area contributed by atoms with Crippen LogP contribution in [0.15, 0.2) is 66.0 Å². The third-order valence-electron chi connectivity index (χ3n) is 6.98. The van der Waals surface area contributed by atoms with Crippen LogP contribution in [-0.4, -0.2) is 36.2 Å². The van der Waals surface area contributed by atoms with Crippen molar-refractivity contribution >= 4 is 12.0 Å². The highest BCUT2D eigenvalue weighted by Crippen LogP contribution is 2.41. The summed E-state index contributed by atoms with van der Waals surface area (Å²) < 4.78 is 58.5. The summed E-state index contributed by atoms with van der Waals surface area (Å²) in [5.74, 6) is -0.873. The van der Waals surface area contributed by atoms with E-state index in [2.05, 4.69) is 20.3 Å². The molecule has 1 atom stereocenters. The van der Waals surface area contributed by atoms with Gasteiger partial charge in [0, 0.05) is 31.2 Å². The van der Waals surface area contributed by atoms with E-state index < -0.39 is 29.9 Å². The van der Waals surface area contributed by atoms with Gasteiger partial charge in [0.05, 0.1) is 18.3 Å². The van der Waals surface area contributed by atoms with Gasteiger partial charge >= 0.3 is 12.3 Å². The SMILES string of the molecule is Cc1cc([C@@H](NC(=O)c2cc(Cn3ccn(C)/c3=N/C(=O)O)cc(-c3cccnc3C(F)(F)F)n2)C2CC2)ccc1F. The van der Waals surface area contributed by atoms with E-state index in [0.29, 0.717) is 16.7 Å². The summed E-state index contributed by atoms with van der Waals surface area (Å²) in [5, 5.41) is 12.1. The maximum absolute atomic E-state index is 13.9. The molecule has 1 aromatic carbocycles. The van der Waals surface area contributed by atoms with Gasteiger partial charge in [-0.1, -0.05) is 12.1 Å². The lowest BCUT2D eigenvalue weighted by Gasteiger charge is -2.20. The highest BCUT2D eigenvalue weighted by molar-refractivity contribution is 5.93. The van der Waals surface area contributed by atoms with Gasteiger partial charge in [-0.15, -0.1) is 4.99 Å². The molecule has 0 spiro atoms. The molecule has 1 aliphatic carbocycles. The lowest BCUT2D eigenvalue weighted by molar-refractivity contribution is -0.140. The molecule has 0 unspecified atom stereocenters. The van der Waals surface area contributed by atoms with Crippen LogP contribution in [-0.2, 0) is 19.8 Å². The molecule has 1 fully saturated rings. The van der Waals surface area contributed by atoms with Crippen molar-refractivity contribution in [2.45, 2.75) is 38.5 Å². The van der Waals surface area contributed by atoms with E-state index >= 15 is 0 Å². The molecule has 218 valence electrons. The lowest BCUT2D eigenvalue weighted by Crippen LogP contribution is -2.31. The van der Waals surface area contributed by atoms with Gasteiger partial charge in [0.15, 0.2) is 5.69 Å². The molecule has 0 radical (unpaired) electrons. The number of pyridine rings is 2. The molecule has 3 heterocycles. The first-order valence-electron chi connectivity index (χ1n) is 13.0. The van der Waals surface area contributed by atoms with E-state index in [9.17, 15) is 32.3 Å². The van der Waals surface area contributed by atoms with Crippen LogP contribution in [0.4, 0.5) is 22.4 Å². The number of nitrogens with zero attached hydrogens (tertiary/aromatic N) is 5. The fourth-order valence-corrected chi connectivity index (χ4v) is 4.82. The van der Waals surface area contributed by atoms with E-state index in [4.69, 9.17) is 0 Å². The van der Waals surface area contributed by atoms with Crippen LogP contribution in [0.5, 0.6) is 0 Å². The van der Waals surface area contributed by atoms with Crippen molar-refractivity contribution in [2.24, 2.45) is 18.0 Å². The monoisotopic (exact) mass is 582 g/mol. The smallest absolute Gasteiger partial charge is 0.434 e. The van der Waals surface area contributed by atoms with Crippen molar-refractivity contribution in [3.05, 3.63) is 101 Å². The number of alkyl halides is 3. The fraction of sp³-hybridized carbons (Fsp3) is 0.276. The Bertz CT molecular complexity index is 1740. The Morgan fingerprint density at radius 2 is 1.93 bits per heavy atom. The standard InChI is InChI=1S/C29H26F4N6O3/c1-16-12-19(7-8-21(16)30)24(18-5-6-18)36-26(40)23-14-17(15-39-11-10-38(2)27(39)37-28(41)42)13-22(35-23)20-4-3-9-34-25(20)29(31,32)33/h3-4,7-14,18,24H,5-6,15H2,1-2H3,(H,36,40)(H,41,42)/b37-27-/t24-/m0/s1. The summed E-state index contributed by atoms with van der Waals surface area (Å²) in [6, 6.07) is 9.56. The predicted octanol–water partition coefficient (Wildman–Crippen LogP) is 5.26. The Kier molecular flexibility index (Phi) is 7.67. The first-order valence-corrected chi connectivity index (χ1v) is 13.0. The number of hydrogen-bond acceptors (Lipinski definition) is 4. The first-order chi connectivity index (χ1) is 19.9. The van der Waals surface area contributed by atoms with Gasteiger partial charge in [0.1, 0.15) is 11.5 Å². The Labute approximate surface area is 237 Å². The highest BCUT2D eigenvalue weighted by Gasteiger charge is 2.37. The zero-order valence-corrected chi connectivity index (χ0v) is 22.6. The van der Waals surface area contributed by atoms with Gasteiger partial charge in [0.25, 0.3) is 5.91 Å². The quantitative estimate of drug-likeness (QED) is 0.289. The second-order valence-corrected chi connectivity index (χ2v) is 10.2. The van der Waals surface area contributed by atoms with Gasteiger partial charge < -0.3 is 19.6 Å². The van der Waals surface area contributed by atoms with Crippen molar-refractivity contribution in [1.82, 2.24) is 24.4 Å². The molecule has 1 aliphatic rings. The minimum Gasteiger partial charge on any atom is -0.463 e. The molecule has 1 saturated carbocycles. The van der Waals surface area contributed by atoms with Crippen LogP contribution in [0.3, 0.4) is 0 Å². The van der Waals surface area contributed by atoms with E-state index in [-0.39, 0.29) is 40.8 Å². The summed E-state index contributed by atoms with van der Waals surface area (Å²) in [6.07, 6.45) is -0.341. The number of aryl methyl sites for hydroxylation is 2. The largest absolute Gasteiger partial charge is 0.463 e. The summed E-state index contributed by atoms with van der Waals surface area (Å²) in [4.78, 5) is 36.3. The molecule has 5 rings (SSSR count). The Morgan fingerprint density at radius 3 is 2.60 bits per heavy atom. The maximum Gasteiger partial charge on any atom is 0.434 e. The summed E-state index contributed by atoms with van der Waals surface area (Å²) in [6.45, 7) is 1.60. The summed E-state index contributed by atoms with van der Waals surface area (Å²) in [7, 11) is 1.59. The summed E-state index contributed by atoms with van der Waals surface area (Å²) in [5.41, 5.74) is -0.162. The van der Waals surface area contributed by atoms with Crippen LogP contribution in [0, 0.1) is 18.7 Å². The van der Waals surface area contributed by atoms with Gasteiger partial charge in [0.2, 0.25) is 5.62 Å². The minimum absolute atomic E-state index is 0.0203. The van der Waals surface area contributed by atoms with Gasteiger partial charge in [-0.25, -0.2) is 14.2 Å². The Hall–Kier alpha value is -4.81. The van der Waals surface area contributed by atoms with Gasteiger partial charge in [-0.05, 0) is 72.7 Å². The normalized spacial score (nSPS) is 14.6. The number of carbonyl (C=O) groups is 2. The lowest BCUT2D eigenvalue weighted by atomic mass is 9.99. The van der Waals surface area contributed by atoms with Crippen molar-refractivity contribution in [3.63, 3.8) is 0 Å². The van der Waals surface area contributed by atoms with E-state index in [0.717, 1.165) is 19.0 Å². The number of carbonyl (C=O) groups excluding carboxylic acids is 1. The molecular formula is C29H26F4N6O3. The number of amides is 2.